The molecular formula is C22H20Cl4I4O5. The lowest BCUT2D eigenvalue weighted by Gasteiger charge is -2.52. The smallest absolute Gasteiger partial charge is 0.310 e. The van der Waals surface area contributed by atoms with Crippen molar-refractivity contribution in [1.29, 1.82) is 0 Å². The molecule has 0 bridgehead atoms. The molecule has 194 valence electrons. The number of ketones is 1. The number of carbonyl (C=O) groups is 2. The van der Waals surface area contributed by atoms with Crippen LogP contribution in [0.2, 0.25) is 0 Å². The summed E-state index contributed by atoms with van der Waals surface area (Å²) in [4.78, 5) is 26.0. The van der Waals surface area contributed by atoms with Gasteiger partial charge in [-0.15, -0.1) is 46.4 Å². The van der Waals surface area contributed by atoms with E-state index in [1.807, 2.05) is 51.3 Å². The zero-order valence-corrected chi connectivity index (χ0v) is 29.9. The number of halogens is 8. The van der Waals surface area contributed by atoms with Crippen LogP contribution in [0.5, 0.6) is 0 Å². The quantitative estimate of drug-likeness (QED) is 0.179. The van der Waals surface area contributed by atoms with E-state index < -0.39 is 39.3 Å². The van der Waals surface area contributed by atoms with Crippen molar-refractivity contribution in [2.24, 2.45) is 17.8 Å². The number of Topliss-reactive ketones (excluding diaryl/α,β-unsaturated/α-hetero) is 1. The van der Waals surface area contributed by atoms with Crippen LogP contribution in [0.15, 0.2) is 30.1 Å². The number of alkyl halides is 6. The maximum absolute atomic E-state index is 13.1. The molecule has 0 aromatic carbocycles. The molecule has 0 radical (unpaired) electrons. The van der Waals surface area contributed by atoms with Crippen molar-refractivity contribution in [1.82, 2.24) is 0 Å². The average molecular weight is 1010 g/mol. The SMILES string of the molecule is COC(=O)C1C(Cl)C(Cl)C(Cl)C(Cl)C1C1=C2C=C(I)C(=O)C(I)=C2OC2C1CC(I)C(OC)C2I. The molecule has 11 unspecified atom stereocenters. The minimum atomic E-state index is -0.814. The van der Waals surface area contributed by atoms with E-state index in [0.29, 0.717) is 12.9 Å². The fourth-order valence-corrected chi connectivity index (χ4v) is 12.4. The Morgan fingerprint density at radius 2 is 1.69 bits per heavy atom. The van der Waals surface area contributed by atoms with E-state index in [4.69, 9.17) is 60.6 Å². The van der Waals surface area contributed by atoms with Crippen molar-refractivity contribution in [3.63, 3.8) is 0 Å². The minimum absolute atomic E-state index is 0.0140. The number of fused-ring (bicyclic) bond motifs is 2. The van der Waals surface area contributed by atoms with E-state index in [2.05, 4.69) is 45.2 Å². The first kappa shape index (κ1) is 30.2. The van der Waals surface area contributed by atoms with Gasteiger partial charge in [0, 0.05) is 28.4 Å². The van der Waals surface area contributed by atoms with E-state index in [1.165, 1.54) is 7.11 Å². The highest BCUT2D eigenvalue weighted by Gasteiger charge is 2.58. The molecule has 4 rings (SSSR count). The first-order valence-electron chi connectivity index (χ1n) is 10.6. The highest BCUT2D eigenvalue weighted by molar-refractivity contribution is 14.1. The second-order valence-electron chi connectivity index (χ2n) is 8.77. The number of hydrogen-bond acceptors (Lipinski definition) is 5. The highest BCUT2D eigenvalue weighted by atomic mass is 127. The number of esters is 1. The lowest BCUT2D eigenvalue weighted by Crippen LogP contribution is -2.58. The average Bonchev–Trinajstić information content (AvgIpc) is 2.83. The second kappa shape index (κ2) is 12.0. The lowest BCUT2D eigenvalue weighted by atomic mass is 9.64. The number of methoxy groups -OCH3 is 2. The van der Waals surface area contributed by atoms with Crippen LogP contribution in [-0.2, 0) is 23.8 Å². The zero-order valence-electron chi connectivity index (χ0n) is 18.2. The van der Waals surface area contributed by atoms with Crippen molar-refractivity contribution in [3.8, 4) is 0 Å². The molecule has 5 nitrogen and oxygen atoms in total. The van der Waals surface area contributed by atoms with E-state index in [-0.39, 0.29) is 31.8 Å². The minimum Gasteiger partial charge on any atom is -0.487 e. The summed E-state index contributed by atoms with van der Waals surface area (Å²) in [5.41, 5.74) is 1.70. The van der Waals surface area contributed by atoms with Crippen molar-refractivity contribution in [3.05, 3.63) is 30.1 Å². The summed E-state index contributed by atoms with van der Waals surface area (Å²) in [5, 5.41) is -2.88. The lowest BCUT2D eigenvalue weighted by molar-refractivity contribution is -0.148. The molecule has 0 saturated heterocycles. The topological polar surface area (TPSA) is 61.8 Å². The molecule has 0 aromatic heterocycles. The second-order valence-corrected chi connectivity index (χ2v) is 16.1. The molecule has 35 heavy (non-hydrogen) atoms. The van der Waals surface area contributed by atoms with Crippen molar-refractivity contribution in [2.45, 2.75) is 48.0 Å². The first-order chi connectivity index (χ1) is 16.5. The molecule has 0 spiro atoms. The molecule has 11 atom stereocenters. The normalized spacial score (nSPS) is 43.8. The number of carbonyl (C=O) groups excluding carboxylic acids is 2. The summed E-state index contributed by atoms with van der Waals surface area (Å²) < 4.78 is 18.8. The molecule has 4 aliphatic rings. The zero-order chi connectivity index (χ0) is 25.9. The molecule has 13 heteroatoms. The van der Waals surface area contributed by atoms with E-state index in [1.54, 1.807) is 7.11 Å². The molecule has 0 N–H and O–H groups in total. The van der Waals surface area contributed by atoms with Gasteiger partial charge in [0.2, 0.25) is 5.78 Å². The Hall–Kier alpha value is 2.20. The maximum Gasteiger partial charge on any atom is 0.310 e. The van der Waals surface area contributed by atoms with Crippen LogP contribution in [0.3, 0.4) is 0 Å². The van der Waals surface area contributed by atoms with Gasteiger partial charge in [-0.3, -0.25) is 9.59 Å². The van der Waals surface area contributed by atoms with E-state index in [9.17, 15) is 9.59 Å². The van der Waals surface area contributed by atoms with Crippen LogP contribution in [0.1, 0.15) is 6.42 Å². The van der Waals surface area contributed by atoms with Gasteiger partial charge in [-0.05, 0) is 63.3 Å². The van der Waals surface area contributed by atoms with Crippen LogP contribution in [0.4, 0.5) is 0 Å². The number of ether oxygens (including phenoxy) is 3. The Bertz CT molecular complexity index is 1020. The molecule has 1 heterocycles. The summed E-state index contributed by atoms with van der Waals surface area (Å²) >= 11 is 35.9. The van der Waals surface area contributed by atoms with Gasteiger partial charge in [0.15, 0.2) is 0 Å². The van der Waals surface area contributed by atoms with Crippen LogP contribution in [0.25, 0.3) is 0 Å². The largest absolute Gasteiger partial charge is 0.487 e. The Balaban J connectivity index is 1.98. The van der Waals surface area contributed by atoms with Gasteiger partial charge in [0.05, 0.1) is 48.1 Å². The summed E-state index contributed by atoms with van der Waals surface area (Å²) in [7, 11) is 3.03. The van der Waals surface area contributed by atoms with Crippen LogP contribution < -0.4 is 0 Å². The van der Waals surface area contributed by atoms with E-state index >= 15 is 0 Å². The maximum atomic E-state index is 13.1. The molecular weight excluding hydrogens is 994 g/mol. The molecule has 0 aromatic rings. The van der Waals surface area contributed by atoms with Crippen molar-refractivity contribution < 1.29 is 23.8 Å². The Morgan fingerprint density at radius 3 is 2.29 bits per heavy atom. The predicted molar refractivity (Wildman–Crippen MR) is 172 cm³/mol. The van der Waals surface area contributed by atoms with Gasteiger partial charge in [0.25, 0.3) is 0 Å². The fourth-order valence-electron chi connectivity index (χ4n) is 5.45. The fraction of sp³-hybridized carbons (Fsp3) is 0.636. The van der Waals surface area contributed by atoms with Gasteiger partial charge in [0.1, 0.15) is 15.4 Å². The summed E-state index contributed by atoms with van der Waals surface area (Å²) in [6, 6.07) is 0. The van der Waals surface area contributed by atoms with Gasteiger partial charge < -0.3 is 14.2 Å². The highest BCUT2D eigenvalue weighted by Crippen LogP contribution is 2.56. The molecule has 2 fully saturated rings. The van der Waals surface area contributed by atoms with Crippen LogP contribution in [-0.4, -0.2) is 67.5 Å². The van der Waals surface area contributed by atoms with Gasteiger partial charge in [-0.2, -0.15) is 0 Å². The monoisotopic (exact) mass is 1010 g/mol. The summed E-state index contributed by atoms with van der Waals surface area (Å²) in [6.07, 6.45) is 2.23. The first-order valence-corrected chi connectivity index (χ1v) is 17.0. The van der Waals surface area contributed by atoms with Gasteiger partial charge in [-0.1, -0.05) is 45.2 Å². The predicted octanol–water partition coefficient (Wildman–Crippen LogP) is 6.72. The molecule has 2 saturated carbocycles. The van der Waals surface area contributed by atoms with Crippen LogP contribution in [0, 0.1) is 17.8 Å². The third-order valence-corrected chi connectivity index (χ3v) is 14.0. The number of rotatable bonds is 3. The van der Waals surface area contributed by atoms with Gasteiger partial charge >= 0.3 is 5.97 Å². The number of allylic oxidation sites excluding steroid dienone is 3. The Kier molecular flexibility index (Phi) is 10.3. The van der Waals surface area contributed by atoms with E-state index in [0.717, 1.165) is 17.6 Å². The summed E-state index contributed by atoms with van der Waals surface area (Å²) in [6.45, 7) is 0. The van der Waals surface area contributed by atoms with Crippen molar-refractivity contribution >= 4 is 149 Å². The van der Waals surface area contributed by atoms with Gasteiger partial charge in [-0.25, -0.2) is 0 Å². The summed E-state index contributed by atoms with van der Waals surface area (Å²) in [5.74, 6) is -1.55. The standard InChI is InChI=1S/C22H20Cl4I4O5/c1-33-21-8(28)4-6-9(10-11(22(32)34-2)13(24)15(26)14(25)12(10)23)5-3-7(27)18(31)16(29)19(5)35-20(6)17(21)30/h3,6,8,10-15,17,20-21H,4H2,1-2H3. The Morgan fingerprint density at radius 1 is 1.06 bits per heavy atom. The molecule has 3 aliphatic carbocycles. The third-order valence-electron chi connectivity index (χ3n) is 7.05. The molecule has 1 aliphatic heterocycles. The third kappa shape index (κ3) is 5.20. The Labute approximate surface area is 278 Å². The number of hydrogen-bond donors (Lipinski definition) is 0. The van der Waals surface area contributed by atoms with Crippen LogP contribution >= 0.6 is 137 Å². The van der Waals surface area contributed by atoms with Crippen molar-refractivity contribution in [2.75, 3.05) is 14.2 Å². The molecule has 0 amide bonds.